The number of anilines is 1. The number of rotatable bonds is 4. The van der Waals surface area contributed by atoms with Gasteiger partial charge in [0.15, 0.2) is 0 Å². The number of nitrogens with zero attached hydrogens (tertiary/aromatic N) is 2. The highest BCUT2D eigenvalue weighted by Gasteiger charge is 2.22. The topological polar surface area (TPSA) is 37.8 Å². The van der Waals surface area contributed by atoms with E-state index in [1.54, 1.807) is 0 Å². The van der Waals surface area contributed by atoms with E-state index < -0.39 is 0 Å². The molecule has 1 heterocycles. The zero-order valence-electron chi connectivity index (χ0n) is 9.19. The van der Waals surface area contributed by atoms with Gasteiger partial charge in [-0.05, 0) is 30.5 Å². The van der Waals surface area contributed by atoms with Crippen molar-refractivity contribution in [2.75, 3.05) is 5.32 Å². The fraction of sp³-hybridized carbons (Fsp3) is 0.333. The van der Waals surface area contributed by atoms with Crippen molar-refractivity contribution in [2.45, 2.75) is 25.3 Å². The lowest BCUT2D eigenvalue weighted by Gasteiger charge is -1.97. The molecule has 88 valence electrons. The van der Waals surface area contributed by atoms with E-state index in [1.807, 2.05) is 12.1 Å². The third-order valence-electron chi connectivity index (χ3n) is 2.65. The maximum absolute atomic E-state index is 4.49. The molecule has 0 spiro atoms. The number of halogens is 1. The summed E-state index contributed by atoms with van der Waals surface area (Å²) in [5.74, 6) is 0.903. The Kier molecular flexibility index (Phi) is 3.11. The molecule has 2 aromatic rings. The minimum atomic E-state index is 0.642. The van der Waals surface area contributed by atoms with Gasteiger partial charge in [-0.15, -0.1) is 0 Å². The van der Waals surface area contributed by atoms with E-state index >= 15 is 0 Å². The molecular weight excluding hydrogens is 298 g/mol. The van der Waals surface area contributed by atoms with Crippen LogP contribution in [0.3, 0.4) is 0 Å². The van der Waals surface area contributed by atoms with Gasteiger partial charge in [0.25, 0.3) is 0 Å². The molecule has 1 saturated carbocycles. The van der Waals surface area contributed by atoms with Crippen molar-refractivity contribution in [1.82, 2.24) is 9.36 Å². The molecule has 1 aliphatic rings. The van der Waals surface area contributed by atoms with Crippen LogP contribution in [-0.4, -0.2) is 15.4 Å². The predicted octanol–water partition coefficient (Wildman–Crippen LogP) is 3.47. The quantitative estimate of drug-likeness (QED) is 0.939. The summed E-state index contributed by atoms with van der Waals surface area (Å²) in [7, 11) is 0. The van der Waals surface area contributed by atoms with Crippen molar-refractivity contribution in [3.8, 4) is 0 Å². The maximum Gasteiger partial charge on any atom is 0.202 e. The lowest BCUT2D eigenvalue weighted by molar-refractivity contribution is 1.02. The Hall–Kier alpha value is -0.940. The van der Waals surface area contributed by atoms with Gasteiger partial charge in [0.2, 0.25) is 5.13 Å². The van der Waals surface area contributed by atoms with Crippen molar-refractivity contribution in [2.24, 2.45) is 0 Å². The summed E-state index contributed by atoms with van der Waals surface area (Å²) in [6.45, 7) is 0. The van der Waals surface area contributed by atoms with Crippen LogP contribution in [0.2, 0.25) is 0 Å². The van der Waals surface area contributed by atoms with Gasteiger partial charge in [-0.2, -0.15) is 4.37 Å². The van der Waals surface area contributed by atoms with Crippen LogP contribution in [0.5, 0.6) is 0 Å². The van der Waals surface area contributed by atoms with E-state index in [9.17, 15) is 0 Å². The number of hydrogen-bond acceptors (Lipinski definition) is 4. The van der Waals surface area contributed by atoms with Crippen LogP contribution in [0.15, 0.2) is 28.7 Å². The predicted molar refractivity (Wildman–Crippen MR) is 73.5 cm³/mol. The molecule has 3 rings (SSSR count). The molecule has 0 bridgehead atoms. The fourth-order valence-electron chi connectivity index (χ4n) is 1.57. The van der Waals surface area contributed by atoms with Crippen LogP contribution >= 0.6 is 27.5 Å². The van der Waals surface area contributed by atoms with Crippen molar-refractivity contribution in [3.63, 3.8) is 0 Å². The molecule has 0 radical (unpaired) electrons. The third-order valence-corrected chi connectivity index (χ3v) is 3.86. The molecule has 1 fully saturated rings. The molecule has 1 aliphatic carbocycles. The zero-order chi connectivity index (χ0) is 11.7. The first kappa shape index (κ1) is 11.2. The molecule has 1 aromatic heterocycles. The second-order valence-corrected chi connectivity index (χ2v) is 5.91. The first-order chi connectivity index (χ1) is 8.29. The molecule has 3 nitrogen and oxygen atoms in total. The van der Waals surface area contributed by atoms with Crippen LogP contribution < -0.4 is 5.32 Å². The molecule has 0 unspecified atom stereocenters. The summed E-state index contributed by atoms with van der Waals surface area (Å²) in [5.41, 5.74) is 1.24. The van der Waals surface area contributed by atoms with Crippen LogP contribution in [0, 0.1) is 0 Å². The molecule has 0 amide bonds. The molecule has 1 aromatic carbocycles. The minimum Gasteiger partial charge on any atom is -0.358 e. The highest BCUT2D eigenvalue weighted by atomic mass is 79.9. The smallest absolute Gasteiger partial charge is 0.202 e. The van der Waals surface area contributed by atoms with Crippen LogP contribution in [-0.2, 0) is 6.42 Å². The third kappa shape index (κ3) is 3.04. The second kappa shape index (κ2) is 4.74. The minimum absolute atomic E-state index is 0.642. The van der Waals surface area contributed by atoms with E-state index in [-0.39, 0.29) is 0 Å². The monoisotopic (exact) mass is 309 g/mol. The maximum atomic E-state index is 4.49. The van der Waals surface area contributed by atoms with Crippen molar-refractivity contribution < 1.29 is 0 Å². The largest absolute Gasteiger partial charge is 0.358 e. The Morgan fingerprint density at radius 1 is 1.29 bits per heavy atom. The summed E-state index contributed by atoms with van der Waals surface area (Å²) in [6, 6.07) is 8.93. The number of benzene rings is 1. The van der Waals surface area contributed by atoms with Gasteiger partial charge in [-0.25, -0.2) is 4.98 Å². The van der Waals surface area contributed by atoms with Gasteiger partial charge in [0.1, 0.15) is 5.82 Å². The number of nitrogens with one attached hydrogen (secondary N) is 1. The Morgan fingerprint density at radius 2 is 2.06 bits per heavy atom. The molecule has 1 N–H and O–H groups in total. The van der Waals surface area contributed by atoms with Crippen molar-refractivity contribution in [3.05, 3.63) is 40.1 Å². The molecule has 17 heavy (non-hydrogen) atoms. The second-order valence-electron chi connectivity index (χ2n) is 4.24. The first-order valence-corrected chi connectivity index (χ1v) is 7.20. The SMILES string of the molecule is Brc1ccc(Cc2nsc(NC3CC3)n2)cc1. The summed E-state index contributed by atoms with van der Waals surface area (Å²) in [6.07, 6.45) is 3.33. The summed E-state index contributed by atoms with van der Waals surface area (Å²) in [5, 5.41) is 4.33. The highest BCUT2D eigenvalue weighted by molar-refractivity contribution is 9.10. The lowest BCUT2D eigenvalue weighted by Crippen LogP contribution is -2.00. The van der Waals surface area contributed by atoms with Crippen molar-refractivity contribution >= 4 is 32.6 Å². The Morgan fingerprint density at radius 3 is 2.76 bits per heavy atom. The Labute approximate surface area is 113 Å². The van der Waals surface area contributed by atoms with Gasteiger partial charge in [-0.3, -0.25) is 0 Å². The highest BCUT2D eigenvalue weighted by Crippen LogP contribution is 2.25. The Balaban J connectivity index is 1.67. The van der Waals surface area contributed by atoms with Gasteiger partial charge in [0, 0.05) is 28.5 Å². The van der Waals surface area contributed by atoms with E-state index in [4.69, 9.17) is 0 Å². The normalized spacial score (nSPS) is 14.9. The average Bonchev–Trinajstić information content (AvgIpc) is 3.02. The number of aromatic nitrogens is 2. The summed E-state index contributed by atoms with van der Waals surface area (Å²) >= 11 is 4.89. The van der Waals surface area contributed by atoms with E-state index in [2.05, 4.69) is 42.7 Å². The molecule has 0 aliphatic heterocycles. The first-order valence-electron chi connectivity index (χ1n) is 5.63. The Bertz CT molecular complexity index is 505. The van der Waals surface area contributed by atoms with Crippen molar-refractivity contribution in [1.29, 1.82) is 0 Å². The van der Waals surface area contributed by atoms with Crippen LogP contribution in [0.25, 0.3) is 0 Å². The molecule has 5 heteroatoms. The lowest BCUT2D eigenvalue weighted by atomic mass is 10.1. The van der Waals surface area contributed by atoms with Crippen LogP contribution in [0.1, 0.15) is 24.2 Å². The molecule has 0 saturated heterocycles. The standard InChI is InChI=1S/C12H12BrN3S/c13-9-3-1-8(2-4-9)7-11-15-12(17-16-11)14-10-5-6-10/h1-4,10H,5-7H2,(H,14,15,16). The van der Waals surface area contributed by atoms with Gasteiger partial charge < -0.3 is 5.32 Å². The summed E-state index contributed by atoms with van der Waals surface area (Å²) < 4.78 is 5.47. The van der Waals surface area contributed by atoms with E-state index in [1.165, 1.54) is 29.9 Å². The molecular formula is C12H12BrN3S. The summed E-state index contributed by atoms with van der Waals surface area (Å²) in [4.78, 5) is 4.49. The fourth-order valence-corrected chi connectivity index (χ4v) is 2.50. The van der Waals surface area contributed by atoms with Gasteiger partial charge in [-0.1, -0.05) is 28.1 Å². The van der Waals surface area contributed by atoms with Crippen LogP contribution in [0.4, 0.5) is 5.13 Å². The zero-order valence-corrected chi connectivity index (χ0v) is 11.6. The van der Waals surface area contributed by atoms with Gasteiger partial charge in [0.05, 0.1) is 0 Å². The molecule has 0 atom stereocenters. The number of hydrogen-bond donors (Lipinski definition) is 1. The van der Waals surface area contributed by atoms with E-state index in [0.29, 0.717) is 6.04 Å². The average molecular weight is 310 g/mol. The van der Waals surface area contributed by atoms with Gasteiger partial charge >= 0.3 is 0 Å². The van der Waals surface area contributed by atoms with E-state index in [0.717, 1.165) is 21.8 Å².